The van der Waals surface area contributed by atoms with Gasteiger partial charge in [0.05, 0.1) is 12.1 Å². The summed E-state index contributed by atoms with van der Waals surface area (Å²) in [5.41, 5.74) is 9.10. The van der Waals surface area contributed by atoms with Crippen LogP contribution in [0.5, 0.6) is 0 Å². The maximum atomic E-state index is 13.0. The highest BCUT2D eigenvalue weighted by Crippen LogP contribution is 2.35. The van der Waals surface area contributed by atoms with E-state index < -0.39 is 11.2 Å². The molecule has 8 nitrogen and oxygen atoms in total. The molecule has 48 heavy (non-hydrogen) atoms. The summed E-state index contributed by atoms with van der Waals surface area (Å²) < 4.78 is 11.4. The molecule has 0 aliphatic carbocycles. The summed E-state index contributed by atoms with van der Waals surface area (Å²) in [5, 5.41) is 0. The molecule has 4 heterocycles. The summed E-state index contributed by atoms with van der Waals surface area (Å²) >= 11 is 0. The number of allylic oxidation sites excluding steroid dienone is 3. The maximum absolute atomic E-state index is 13.0. The van der Waals surface area contributed by atoms with Gasteiger partial charge < -0.3 is 9.47 Å². The molecule has 0 aromatic heterocycles. The number of ether oxygens (including phenoxy) is 2. The molecule has 0 unspecified atom stereocenters. The number of amides is 2. The minimum Gasteiger partial charge on any atom is -0.444 e. The minimum atomic E-state index is -0.545. The zero-order chi connectivity index (χ0) is 34.2. The van der Waals surface area contributed by atoms with Crippen LogP contribution in [0.15, 0.2) is 82.6 Å². The van der Waals surface area contributed by atoms with Gasteiger partial charge in [-0.1, -0.05) is 60.2 Å². The predicted molar refractivity (Wildman–Crippen MR) is 193 cm³/mol. The van der Waals surface area contributed by atoms with Crippen LogP contribution in [0.1, 0.15) is 91.7 Å². The van der Waals surface area contributed by atoms with E-state index in [1.807, 2.05) is 70.7 Å². The molecule has 252 valence electrons. The average Bonchev–Trinajstić information content (AvgIpc) is 3.85. The second kappa shape index (κ2) is 13.2. The quantitative estimate of drug-likeness (QED) is 0.303. The Labute approximate surface area is 284 Å². The zero-order valence-corrected chi connectivity index (χ0v) is 29.4. The minimum absolute atomic E-state index is 0.00410. The lowest BCUT2D eigenvalue weighted by molar-refractivity contribution is 0.0256. The maximum Gasteiger partial charge on any atom is 0.411 e. The van der Waals surface area contributed by atoms with E-state index in [1.54, 1.807) is 0 Å². The summed E-state index contributed by atoms with van der Waals surface area (Å²) in [4.78, 5) is 39.1. The van der Waals surface area contributed by atoms with Crippen LogP contribution in [-0.4, -0.2) is 69.8 Å². The predicted octanol–water partition coefficient (Wildman–Crippen LogP) is 9.08. The van der Waals surface area contributed by atoms with Gasteiger partial charge in [0.25, 0.3) is 0 Å². The third-order valence-electron chi connectivity index (χ3n) is 9.25. The van der Waals surface area contributed by atoms with Crippen molar-refractivity contribution in [1.82, 2.24) is 9.80 Å². The summed E-state index contributed by atoms with van der Waals surface area (Å²) in [5.74, 6) is 0. The van der Waals surface area contributed by atoms with E-state index in [-0.39, 0.29) is 24.3 Å². The first-order chi connectivity index (χ1) is 22.8. The molecule has 4 aliphatic rings. The third kappa shape index (κ3) is 7.48. The van der Waals surface area contributed by atoms with Crippen molar-refractivity contribution < 1.29 is 19.1 Å². The normalized spacial score (nSPS) is 22.1. The lowest BCUT2D eigenvalue weighted by Crippen LogP contribution is -2.43. The van der Waals surface area contributed by atoms with Crippen molar-refractivity contribution in [2.24, 2.45) is 9.98 Å². The number of aliphatic imine (C=N–C) groups is 2. The highest BCUT2D eigenvalue weighted by atomic mass is 16.6. The number of carbonyl (C=O) groups is 2. The first kappa shape index (κ1) is 33.4. The Hall–Kier alpha value is -4.46. The molecule has 0 spiro atoms. The van der Waals surface area contributed by atoms with Gasteiger partial charge in [0, 0.05) is 49.8 Å². The second-order valence-corrected chi connectivity index (χ2v) is 15.2. The van der Waals surface area contributed by atoms with Crippen LogP contribution in [0.3, 0.4) is 0 Å². The molecule has 8 heteroatoms. The van der Waals surface area contributed by atoms with Crippen molar-refractivity contribution in [3.05, 3.63) is 83.7 Å². The lowest BCUT2D eigenvalue weighted by Gasteiger charge is -2.28. The average molecular weight is 649 g/mol. The van der Waals surface area contributed by atoms with Gasteiger partial charge in [-0.15, -0.1) is 0 Å². The summed E-state index contributed by atoms with van der Waals surface area (Å²) in [7, 11) is 0. The number of rotatable bonds is 5. The standard InChI is InChI=1S/C40H48N4O4/c1-8-26-20-36(44(25-26)38(46)48-40(5,6)7)34-22-32(24-42-34)30-17-13-28(14-18-30)27-11-15-29(16-12-27)31-21-33(41-23-31)35-10-9-19-43(35)37(45)47-39(2,3)4/h8,11-18,23-24,35-36H,9-10,19-22,25H2,1-7H3/t35-,36-/m0/s1. The number of hydrogen-bond acceptors (Lipinski definition) is 6. The molecular formula is C40H48N4O4. The van der Waals surface area contributed by atoms with Gasteiger partial charge in [-0.05, 0) is 101 Å². The monoisotopic (exact) mass is 648 g/mol. The highest BCUT2D eigenvalue weighted by Gasteiger charge is 2.39. The Kier molecular flexibility index (Phi) is 9.20. The number of hydrogen-bond donors (Lipinski definition) is 0. The fraction of sp³-hybridized carbons (Fsp3) is 0.450. The SMILES string of the molecule is CC=C1C[C@@H](C2=NC=C(c3ccc(-c4ccc(C5=CN=C([C@@H]6CCCN6C(=O)OC(C)(C)C)C5)cc4)cc3)C2)N(C(=O)OC(C)(C)C)C1. The molecule has 2 fully saturated rings. The first-order valence-electron chi connectivity index (χ1n) is 17.1. The number of likely N-dealkylation sites (tertiary alicyclic amines) is 2. The van der Waals surface area contributed by atoms with Gasteiger partial charge in [-0.3, -0.25) is 19.8 Å². The molecule has 2 amide bonds. The van der Waals surface area contributed by atoms with Crippen molar-refractivity contribution in [3.8, 4) is 11.1 Å². The van der Waals surface area contributed by atoms with Crippen LogP contribution < -0.4 is 0 Å². The van der Waals surface area contributed by atoms with Crippen molar-refractivity contribution >= 4 is 34.8 Å². The summed E-state index contributed by atoms with van der Waals surface area (Å²) in [6, 6.07) is 17.2. The van der Waals surface area contributed by atoms with Gasteiger partial charge in [0.15, 0.2) is 0 Å². The third-order valence-corrected chi connectivity index (χ3v) is 9.25. The van der Waals surface area contributed by atoms with E-state index in [4.69, 9.17) is 19.5 Å². The van der Waals surface area contributed by atoms with E-state index in [0.717, 1.165) is 64.9 Å². The van der Waals surface area contributed by atoms with E-state index >= 15 is 0 Å². The largest absolute Gasteiger partial charge is 0.444 e. The first-order valence-corrected chi connectivity index (χ1v) is 17.1. The van der Waals surface area contributed by atoms with Crippen molar-refractivity contribution in [2.75, 3.05) is 13.1 Å². The summed E-state index contributed by atoms with van der Waals surface area (Å²) in [6.45, 7) is 14.7. The van der Waals surface area contributed by atoms with Crippen LogP contribution in [0.2, 0.25) is 0 Å². The fourth-order valence-electron chi connectivity index (χ4n) is 6.83. The topological polar surface area (TPSA) is 83.8 Å². The molecule has 0 radical (unpaired) electrons. The molecule has 2 saturated heterocycles. The van der Waals surface area contributed by atoms with E-state index in [0.29, 0.717) is 19.5 Å². The molecule has 0 N–H and O–H groups in total. The van der Waals surface area contributed by atoms with Gasteiger partial charge in [-0.2, -0.15) is 0 Å². The van der Waals surface area contributed by atoms with E-state index in [2.05, 4.69) is 54.6 Å². The Morgan fingerprint density at radius 1 is 0.708 bits per heavy atom. The van der Waals surface area contributed by atoms with E-state index in [9.17, 15) is 9.59 Å². The molecule has 2 aromatic carbocycles. The van der Waals surface area contributed by atoms with Crippen LogP contribution in [-0.2, 0) is 9.47 Å². The lowest BCUT2D eigenvalue weighted by atomic mass is 9.94. The highest BCUT2D eigenvalue weighted by molar-refractivity contribution is 6.04. The molecule has 2 aromatic rings. The van der Waals surface area contributed by atoms with Crippen LogP contribution in [0, 0.1) is 0 Å². The molecule has 6 rings (SSSR count). The Balaban J connectivity index is 1.05. The Morgan fingerprint density at radius 3 is 1.65 bits per heavy atom. The molecule has 4 aliphatic heterocycles. The smallest absolute Gasteiger partial charge is 0.411 e. The fourth-order valence-corrected chi connectivity index (χ4v) is 6.83. The second-order valence-electron chi connectivity index (χ2n) is 15.2. The van der Waals surface area contributed by atoms with Crippen LogP contribution in [0.25, 0.3) is 22.3 Å². The molecule has 0 bridgehead atoms. The molecule has 0 saturated carbocycles. The summed E-state index contributed by atoms with van der Waals surface area (Å²) in [6.07, 6.45) is 9.58. The van der Waals surface area contributed by atoms with Crippen molar-refractivity contribution in [2.45, 2.75) is 104 Å². The van der Waals surface area contributed by atoms with Gasteiger partial charge in [0.1, 0.15) is 11.2 Å². The molecule has 2 atom stereocenters. The van der Waals surface area contributed by atoms with Crippen LogP contribution in [0.4, 0.5) is 9.59 Å². The van der Waals surface area contributed by atoms with Crippen LogP contribution >= 0.6 is 0 Å². The van der Waals surface area contributed by atoms with E-state index in [1.165, 1.54) is 11.1 Å². The molecular weight excluding hydrogens is 600 g/mol. The zero-order valence-electron chi connectivity index (χ0n) is 29.4. The number of nitrogens with zero attached hydrogens (tertiary/aromatic N) is 4. The van der Waals surface area contributed by atoms with Gasteiger partial charge in [-0.25, -0.2) is 9.59 Å². The Morgan fingerprint density at radius 2 is 1.17 bits per heavy atom. The van der Waals surface area contributed by atoms with Crippen molar-refractivity contribution in [3.63, 3.8) is 0 Å². The van der Waals surface area contributed by atoms with Gasteiger partial charge in [0.2, 0.25) is 0 Å². The Bertz CT molecular complexity index is 1720. The number of benzene rings is 2. The number of carbonyl (C=O) groups excluding carboxylic acids is 2. The van der Waals surface area contributed by atoms with Gasteiger partial charge >= 0.3 is 12.2 Å². The van der Waals surface area contributed by atoms with Crippen molar-refractivity contribution in [1.29, 1.82) is 0 Å².